The van der Waals surface area contributed by atoms with Crippen LogP contribution in [0.4, 0.5) is 0 Å². The topological polar surface area (TPSA) is 64.3 Å². The van der Waals surface area contributed by atoms with Gasteiger partial charge >= 0.3 is 0 Å². The number of nitrogens with two attached hydrogens (primary N) is 1. The van der Waals surface area contributed by atoms with Crippen LogP contribution in [0.3, 0.4) is 0 Å². The molecule has 0 aromatic heterocycles. The summed E-state index contributed by atoms with van der Waals surface area (Å²) >= 11 is 0. The molecule has 2 atom stereocenters. The van der Waals surface area contributed by atoms with Crippen molar-refractivity contribution in [2.75, 3.05) is 19.8 Å². The first kappa shape index (κ1) is 11.5. The predicted octanol–water partition coefficient (Wildman–Crippen LogP) is 0.267. The molecule has 0 aromatic rings. The fraction of sp³-hybridized carbons (Fsp3) is 0.900. The van der Waals surface area contributed by atoms with Crippen molar-refractivity contribution in [2.24, 2.45) is 11.7 Å². The molecule has 1 saturated heterocycles. The molecular formula is C10H20N2O2. The van der Waals surface area contributed by atoms with Gasteiger partial charge in [0.1, 0.15) is 0 Å². The molecular weight excluding hydrogens is 180 g/mol. The highest BCUT2D eigenvalue weighted by molar-refractivity contribution is 5.76. The summed E-state index contributed by atoms with van der Waals surface area (Å²) in [4.78, 5) is 11.5. The van der Waals surface area contributed by atoms with Crippen molar-refractivity contribution >= 4 is 5.91 Å². The Morgan fingerprint density at radius 3 is 3.07 bits per heavy atom. The number of carbonyl (C=O) groups is 1. The number of rotatable bonds is 4. The smallest absolute Gasteiger partial charge is 0.220 e. The van der Waals surface area contributed by atoms with Crippen molar-refractivity contribution in [3.05, 3.63) is 0 Å². The van der Waals surface area contributed by atoms with E-state index in [4.69, 9.17) is 10.5 Å². The molecule has 0 radical (unpaired) electrons. The highest BCUT2D eigenvalue weighted by atomic mass is 16.5. The molecule has 0 saturated carbocycles. The van der Waals surface area contributed by atoms with Gasteiger partial charge in [-0.2, -0.15) is 0 Å². The molecule has 0 aliphatic carbocycles. The Morgan fingerprint density at radius 1 is 1.71 bits per heavy atom. The summed E-state index contributed by atoms with van der Waals surface area (Å²) in [6.45, 7) is 3.98. The average molecular weight is 200 g/mol. The van der Waals surface area contributed by atoms with Crippen LogP contribution in [0.25, 0.3) is 0 Å². The highest BCUT2D eigenvalue weighted by Gasteiger charge is 2.17. The Kier molecular flexibility index (Phi) is 4.90. The first-order valence-corrected chi connectivity index (χ1v) is 5.29. The molecule has 1 aliphatic rings. The Hall–Kier alpha value is -0.610. The van der Waals surface area contributed by atoms with E-state index >= 15 is 0 Å². The molecule has 1 aliphatic heterocycles. The first-order valence-electron chi connectivity index (χ1n) is 5.29. The molecule has 3 N–H and O–H groups in total. The third-order valence-electron chi connectivity index (χ3n) is 2.49. The summed E-state index contributed by atoms with van der Waals surface area (Å²) in [7, 11) is 0. The maximum absolute atomic E-state index is 11.5. The molecule has 0 aromatic carbocycles. The van der Waals surface area contributed by atoms with E-state index in [1.165, 1.54) is 0 Å². The summed E-state index contributed by atoms with van der Waals surface area (Å²) in [6.07, 6.45) is 2.75. The zero-order chi connectivity index (χ0) is 10.4. The molecule has 0 bridgehead atoms. The molecule has 1 fully saturated rings. The minimum Gasteiger partial charge on any atom is -0.381 e. The molecule has 82 valence electrons. The Morgan fingerprint density at radius 2 is 2.50 bits per heavy atom. The number of ether oxygens (including phenoxy) is 1. The number of carbonyl (C=O) groups excluding carboxylic acids is 1. The Bertz CT molecular complexity index is 179. The van der Waals surface area contributed by atoms with Gasteiger partial charge in [-0.15, -0.1) is 0 Å². The number of amides is 1. The zero-order valence-electron chi connectivity index (χ0n) is 8.79. The van der Waals surface area contributed by atoms with Crippen molar-refractivity contribution in [1.29, 1.82) is 0 Å². The van der Waals surface area contributed by atoms with E-state index in [0.29, 0.717) is 18.9 Å². The highest BCUT2D eigenvalue weighted by Crippen LogP contribution is 2.16. The van der Waals surface area contributed by atoms with E-state index in [0.717, 1.165) is 26.1 Å². The lowest BCUT2D eigenvalue weighted by atomic mass is 9.98. The zero-order valence-corrected chi connectivity index (χ0v) is 8.79. The molecule has 1 rings (SSSR count). The van der Waals surface area contributed by atoms with Crippen molar-refractivity contribution < 1.29 is 9.53 Å². The van der Waals surface area contributed by atoms with Gasteiger partial charge < -0.3 is 15.8 Å². The van der Waals surface area contributed by atoms with Crippen LogP contribution < -0.4 is 11.1 Å². The Balaban J connectivity index is 2.18. The molecule has 4 nitrogen and oxygen atoms in total. The van der Waals surface area contributed by atoms with Crippen LogP contribution in [-0.2, 0) is 9.53 Å². The van der Waals surface area contributed by atoms with E-state index in [1.54, 1.807) is 0 Å². The van der Waals surface area contributed by atoms with Gasteiger partial charge in [0.25, 0.3) is 0 Å². The van der Waals surface area contributed by atoms with Crippen LogP contribution in [0.2, 0.25) is 0 Å². The Labute approximate surface area is 85.2 Å². The average Bonchev–Trinajstić information content (AvgIpc) is 2.19. The number of hydrogen-bond acceptors (Lipinski definition) is 3. The van der Waals surface area contributed by atoms with E-state index in [-0.39, 0.29) is 11.9 Å². The lowest BCUT2D eigenvalue weighted by molar-refractivity contribution is -0.123. The molecule has 0 spiro atoms. The fourth-order valence-corrected chi connectivity index (χ4v) is 1.62. The van der Waals surface area contributed by atoms with Crippen molar-refractivity contribution in [1.82, 2.24) is 5.32 Å². The van der Waals surface area contributed by atoms with E-state index in [2.05, 4.69) is 5.32 Å². The molecule has 1 heterocycles. The quantitative estimate of drug-likeness (QED) is 0.684. The van der Waals surface area contributed by atoms with Crippen LogP contribution in [0.1, 0.15) is 26.2 Å². The number of hydrogen-bond donors (Lipinski definition) is 2. The molecule has 4 heteroatoms. The van der Waals surface area contributed by atoms with Gasteiger partial charge in [-0.25, -0.2) is 0 Å². The molecule has 2 unspecified atom stereocenters. The maximum Gasteiger partial charge on any atom is 0.220 e. The van der Waals surface area contributed by atoms with Gasteiger partial charge in [0.05, 0.1) is 0 Å². The first-order chi connectivity index (χ1) is 6.72. The van der Waals surface area contributed by atoms with E-state index in [1.807, 2.05) is 6.92 Å². The summed E-state index contributed by atoms with van der Waals surface area (Å²) in [5.41, 5.74) is 5.41. The lowest BCUT2D eigenvalue weighted by Gasteiger charge is -2.22. The van der Waals surface area contributed by atoms with Crippen LogP contribution in [0.15, 0.2) is 0 Å². The summed E-state index contributed by atoms with van der Waals surface area (Å²) in [6, 6.07) is 0.0759. The van der Waals surface area contributed by atoms with Crippen LogP contribution in [0, 0.1) is 5.92 Å². The second-order valence-electron chi connectivity index (χ2n) is 3.99. The minimum absolute atomic E-state index is 0.0759. The van der Waals surface area contributed by atoms with Gasteiger partial charge in [0.15, 0.2) is 0 Å². The largest absolute Gasteiger partial charge is 0.381 e. The standard InChI is InChI=1S/C10H20N2O2/c1-8(6-11)12-10(13)5-9-3-2-4-14-7-9/h8-9H,2-7,11H2,1H3,(H,12,13). The predicted molar refractivity (Wildman–Crippen MR) is 54.8 cm³/mol. The monoisotopic (exact) mass is 200 g/mol. The van der Waals surface area contributed by atoms with Crippen LogP contribution >= 0.6 is 0 Å². The SMILES string of the molecule is CC(CN)NC(=O)CC1CCCOC1. The van der Waals surface area contributed by atoms with Crippen molar-refractivity contribution in [3.8, 4) is 0 Å². The van der Waals surface area contributed by atoms with E-state index < -0.39 is 0 Å². The second kappa shape index (κ2) is 5.98. The van der Waals surface area contributed by atoms with Gasteiger partial charge in [0, 0.05) is 32.2 Å². The number of nitrogens with one attached hydrogen (secondary N) is 1. The van der Waals surface area contributed by atoms with Gasteiger partial charge in [0.2, 0.25) is 5.91 Å². The third-order valence-corrected chi connectivity index (χ3v) is 2.49. The summed E-state index contributed by atoms with van der Waals surface area (Å²) in [5, 5.41) is 2.86. The van der Waals surface area contributed by atoms with Crippen molar-refractivity contribution in [3.63, 3.8) is 0 Å². The minimum atomic E-state index is 0.0759. The summed E-state index contributed by atoms with van der Waals surface area (Å²) < 4.78 is 5.31. The molecule has 14 heavy (non-hydrogen) atoms. The van der Waals surface area contributed by atoms with Gasteiger partial charge in [-0.1, -0.05) is 0 Å². The second-order valence-corrected chi connectivity index (χ2v) is 3.99. The fourth-order valence-electron chi connectivity index (χ4n) is 1.62. The van der Waals surface area contributed by atoms with Crippen LogP contribution in [-0.4, -0.2) is 31.7 Å². The maximum atomic E-state index is 11.5. The molecule has 1 amide bonds. The van der Waals surface area contributed by atoms with Gasteiger partial charge in [-0.3, -0.25) is 4.79 Å². The summed E-state index contributed by atoms with van der Waals surface area (Å²) in [5.74, 6) is 0.493. The van der Waals surface area contributed by atoms with Crippen LogP contribution in [0.5, 0.6) is 0 Å². The lowest BCUT2D eigenvalue weighted by Crippen LogP contribution is -2.39. The van der Waals surface area contributed by atoms with Crippen molar-refractivity contribution in [2.45, 2.75) is 32.2 Å². The normalized spacial score (nSPS) is 24.3. The van der Waals surface area contributed by atoms with Gasteiger partial charge in [-0.05, 0) is 25.7 Å². The third kappa shape index (κ3) is 4.07. The van der Waals surface area contributed by atoms with E-state index in [9.17, 15) is 4.79 Å².